The molecule has 5 heteroatoms. The van der Waals surface area contributed by atoms with Crippen molar-refractivity contribution in [3.63, 3.8) is 0 Å². The van der Waals surface area contributed by atoms with Crippen LogP contribution in [0, 0.1) is 0 Å². The number of cyclic esters (lactones) is 1. The highest BCUT2D eigenvalue weighted by Crippen LogP contribution is 2.24. The third-order valence-electron chi connectivity index (χ3n) is 2.98. The van der Waals surface area contributed by atoms with E-state index in [1.54, 1.807) is 37.7 Å². The van der Waals surface area contributed by atoms with Gasteiger partial charge in [0.25, 0.3) is 0 Å². The van der Waals surface area contributed by atoms with Crippen LogP contribution in [0.25, 0.3) is 6.08 Å². The quantitative estimate of drug-likeness (QED) is 0.640. The Kier molecular flexibility index (Phi) is 3.47. The summed E-state index contributed by atoms with van der Waals surface area (Å²) in [4.78, 5) is 20.1. The molecule has 0 radical (unpaired) electrons. The molecule has 0 saturated heterocycles. The standard InChI is InChI=1S/C16H12N2O3/c1-20-14-5-3-2-4-12(14)10-13-16(19)21-15(18-13)11-6-8-17-9-7-11/h2-10H,1H3/b13-10-. The Morgan fingerprint density at radius 3 is 2.67 bits per heavy atom. The molecule has 3 rings (SSSR count). The number of para-hydroxylation sites is 1. The summed E-state index contributed by atoms with van der Waals surface area (Å²) in [6.45, 7) is 0. The summed E-state index contributed by atoms with van der Waals surface area (Å²) in [7, 11) is 1.58. The van der Waals surface area contributed by atoms with Crippen LogP contribution in [0.15, 0.2) is 59.5 Å². The average Bonchev–Trinajstić information content (AvgIpc) is 2.90. The second-order valence-corrected chi connectivity index (χ2v) is 4.31. The number of carbonyl (C=O) groups is 1. The number of hydrogen-bond acceptors (Lipinski definition) is 5. The third-order valence-corrected chi connectivity index (χ3v) is 2.98. The predicted molar refractivity (Wildman–Crippen MR) is 77.8 cm³/mol. The number of carbonyl (C=O) groups excluding carboxylic acids is 1. The molecule has 1 aromatic heterocycles. The lowest BCUT2D eigenvalue weighted by Gasteiger charge is -2.03. The Morgan fingerprint density at radius 2 is 1.90 bits per heavy atom. The fourth-order valence-corrected chi connectivity index (χ4v) is 1.96. The highest BCUT2D eigenvalue weighted by atomic mass is 16.6. The van der Waals surface area contributed by atoms with Gasteiger partial charge >= 0.3 is 5.97 Å². The van der Waals surface area contributed by atoms with Crippen LogP contribution in [-0.4, -0.2) is 24.0 Å². The van der Waals surface area contributed by atoms with Crippen molar-refractivity contribution in [2.24, 2.45) is 4.99 Å². The molecule has 104 valence electrons. The molecule has 0 bridgehead atoms. The molecular weight excluding hydrogens is 268 g/mol. The van der Waals surface area contributed by atoms with Gasteiger partial charge in [-0.2, -0.15) is 0 Å². The number of ether oxygens (including phenoxy) is 2. The van der Waals surface area contributed by atoms with E-state index in [-0.39, 0.29) is 11.6 Å². The molecular formula is C16H12N2O3. The van der Waals surface area contributed by atoms with Crippen molar-refractivity contribution < 1.29 is 14.3 Å². The molecule has 0 fully saturated rings. The van der Waals surface area contributed by atoms with Gasteiger partial charge in [0, 0.05) is 23.5 Å². The van der Waals surface area contributed by atoms with Crippen LogP contribution in [0.5, 0.6) is 5.75 Å². The van der Waals surface area contributed by atoms with E-state index in [1.165, 1.54) is 0 Å². The van der Waals surface area contributed by atoms with Crippen LogP contribution in [0.4, 0.5) is 0 Å². The van der Waals surface area contributed by atoms with Gasteiger partial charge in [-0.3, -0.25) is 4.98 Å². The lowest BCUT2D eigenvalue weighted by Crippen LogP contribution is -2.05. The largest absolute Gasteiger partial charge is 0.496 e. The minimum atomic E-state index is -0.479. The van der Waals surface area contributed by atoms with Gasteiger partial charge < -0.3 is 9.47 Å². The van der Waals surface area contributed by atoms with E-state index in [0.29, 0.717) is 11.3 Å². The minimum Gasteiger partial charge on any atom is -0.496 e. The summed E-state index contributed by atoms with van der Waals surface area (Å²) in [5, 5.41) is 0. The van der Waals surface area contributed by atoms with Crippen molar-refractivity contribution in [3.8, 4) is 5.75 Å². The monoisotopic (exact) mass is 280 g/mol. The van der Waals surface area contributed by atoms with Crippen molar-refractivity contribution in [2.45, 2.75) is 0 Å². The van der Waals surface area contributed by atoms with Crippen LogP contribution in [0.1, 0.15) is 11.1 Å². The number of nitrogens with zero attached hydrogens (tertiary/aromatic N) is 2. The second-order valence-electron chi connectivity index (χ2n) is 4.31. The van der Waals surface area contributed by atoms with Gasteiger partial charge in [-0.15, -0.1) is 0 Å². The van der Waals surface area contributed by atoms with Crippen LogP contribution in [-0.2, 0) is 9.53 Å². The molecule has 0 unspecified atom stereocenters. The van der Waals surface area contributed by atoms with Crippen molar-refractivity contribution in [1.29, 1.82) is 0 Å². The molecule has 0 N–H and O–H groups in total. The second kappa shape index (κ2) is 5.58. The SMILES string of the molecule is COc1ccccc1/C=C1\N=C(c2ccncc2)OC1=O. The number of aliphatic imine (C=N–C) groups is 1. The molecule has 2 heterocycles. The Hall–Kier alpha value is -2.95. The normalized spacial score (nSPS) is 15.8. The number of pyridine rings is 1. The van der Waals surface area contributed by atoms with E-state index in [2.05, 4.69) is 9.98 Å². The van der Waals surface area contributed by atoms with E-state index in [1.807, 2.05) is 24.3 Å². The summed E-state index contributed by atoms with van der Waals surface area (Å²) >= 11 is 0. The first-order valence-electron chi connectivity index (χ1n) is 6.34. The summed E-state index contributed by atoms with van der Waals surface area (Å²) in [6.07, 6.45) is 4.89. The van der Waals surface area contributed by atoms with Gasteiger partial charge in [-0.25, -0.2) is 9.79 Å². The fourth-order valence-electron chi connectivity index (χ4n) is 1.96. The lowest BCUT2D eigenvalue weighted by atomic mass is 10.1. The maximum absolute atomic E-state index is 11.9. The Morgan fingerprint density at radius 1 is 1.14 bits per heavy atom. The van der Waals surface area contributed by atoms with Gasteiger partial charge in [0.15, 0.2) is 5.70 Å². The highest BCUT2D eigenvalue weighted by molar-refractivity contribution is 6.12. The Balaban J connectivity index is 1.97. The van der Waals surface area contributed by atoms with E-state index < -0.39 is 5.97 Å². The maximum Gasteiger partial charge on any atom is 0.363 e. The number of rotatable bonds is 3. The number of benzene rings is 1. The predicted octanol–water partition coefficient (Wildman–Crippen LogP) is 2.43. The van der Waals surface area contributed by atoms with Crippen molar-refractivity contribution >= 4 is 17.9 Å². The van der Waals surface area contributed by atoms with Crippen LogP contribution in [0.2, 0.25) is 0 Å². The van der Waals surface area contributed by atoms with E-state index in [9.17, 15) is 4.79 Å². The summed E-state index contributed by atoms with van der Waals surface area (Å²) in [5.74, 6) is 0.474. The van der Waals surface area contributed by atoms with Crippen LogP contribution in [0.3, 0.4) is 0 Å². The average molecular weight is 280 g/mol. The number of methoxy groups -OCH3 is 1. The molecule has 2 aromatic rings. The first kappa shape index (κ1) is 13.1. The van der Waals surface area contributed by atoms with Crippen LogP contribution >= 0.6 is 0 Å². The fraction of sp³-hybridized carbons (Fsp3) is 0.0625. The van der Waals surface area contributed by atoms with Crippen molar-refractivity contribution in [2.75, 3.05) is 7.11 Å². The molecule has 1 aromatic carbocycles. The zero-order chi connectivity index (χ0) is 14.7. The first-order valence-corrected chi connectivity index (χ1v) is 6.34. The van der Waals surface area contributed by atoms with Gasteiger partial charge in [-0.1, -0.05) is 18.2 Å². The summed E-state index contributed by atoms with van der Waals surface area (Å²) in [5.41, 5.74) is 1.72. The van der Waals surface area contributed by atoms with Crippen molar-refractivity contribution in [3.05, 3.63) is 65.6 Å². The number of esters is 1. The third kappa shape index (κ3) is 2.67. The summed E-state index contributed by atoms with van der Waals surface area (Å²) in [6, 6.07) is 10.9. The van der Waals surface area contributed by atoms with Crippen LogP contribution < -0.4 is 4.74 Å². The van der Waals surface area contributed by atoms with Gasteiger partial charge in [0.2, 0.25) is 5.90 Å². The summed E-state index contributed by atoms with van der Waals surface area (Å²) < 4.78 is 10.4. The molecule has 0 aliphatic carbocycles. The maximum atomic E-state index is 11.9. The molecule has 5 nitrogen and oxygen atoms in total. The minimum absolute atomic E-state index is 0.242. The molecule has 0 spiro atoms. The first-order chi connectivity index (χ1) is 10.3. The molecule has 1 aliphatic heterocycles. The van der Waals surface area contributed by atoms with Crippen molar-refractivity contribution in [1.82, 2.24) is 4.98 Å². The smallest absolute Gasteiger partial charge is 0.363 e. The van der Waals surface area contributed by atoms with Gasteiger partial charge in [0.1, 0.15) is 5.75 Å². The molecule has 1 aliphatic rings. The topological polar surface area (TPSA) is 60.8 Å². The van der Waals surface area contributed by atoms with Gasteiger partial charge in [-0.05, 0) is 24.3 Å². The van der Waals surface area contributed by atoms with Gasteiger partial charge in [0.05, 0.1) is 7.11 Å². The number of hydrogen-bond donors (Lipinski definition) is 0. The van der Waals surface area contributed by atoms with E-state index >= 15 is 0 Å². The number of aromatic nitrogens is 1. The zero-order valence-corrected chi connectivity index (χ0v) is 11.3. The molecule has 0 saturated carbocycles. The molecule has 21 heavy (non-hydrogen) atoms. The molecule has 0 amide bonds. The van der Waals surface area contributed by atoms with E-state index in [0.717, 1.165) is 5.56 Å². The molecule has 0 atom stereocenters. The highest BCUT2D eigenvalue weighted by Gasteiger charge is 2.24. The Bertz CT molecular complexity index is 736. The zero-order valence-electron chi connectivity index (χ0n) is 11.3. The lowest BCUT2D eigenvalue weighted by molar-refractivity contribution is -0.129. The Labute approximate surface area is 121 Å². The van der Waals surface area contributed by atoms with E-state index in [4.69, 9.17) is 9.47 Å².